The lowest BCUT2D eigenvalue weighted by molar-refractivity contribution is 0.1000. The number of carbonyl (C=O) groups excluding carboxylic acids is 1. The average molecular weight is 260 g/mol. The number of rotatable bonds is 3. The second-order valence-electron chi connectivity index (χ2n) is 5.99. The molecule has 0 saturated heterocycles. The van der Waals surface area contributed by atoms with Crippen molar-refractivity contribution in [1.82, 2.24) is 0 Å². The first-order valence-electron chi connectivity index (χ1n) is 7.15. The Morgan fingerprint density at radius 2 is 2.05 bits per heavy atom. The topological polar surface area (TPSA) is 55.1 Å². The van der Waals surface area contributed by atoms with E-state index in [0.29, 0.717) is 17.5 Å². The van der Waals surface area contributed by atoms with Gasteiger partial charge in [-0.3, -0.25) is 4.79 Å². The number of nitrogens with one attached hydrogen (secondary N) is 1. The van der Waals surface area contributed by atoms with E-state index in [-0.39, 0.29) is 5.91 Å². The highest BCUT2D eigenvalue weighted by Gasteiger charge is 2.25. The molecule has 0 radical (unpaired) electrons. The van der Waals surface area contributed by atoms with Gasteiger partial charge in [0.25, 0.3) is 0 Å². The highest BCUT2D eigenvalue weighted by molar-refractivity contribution is 5.95. The molecule has 0 heterocycles. The standard InChI is InChI=1S/C16H24N2O/c1-10-7-8-14(11(2)9-10)18-15-6-4-5-13(12(15)3)16(17)19/h4-6,10-11,14,18H,7-9H2,1-3H3,(H2,17,19). The first kappa shape index (κ1) is 13.9. The predicted octanol–water partition coefficient (Wildman–Crippen LogP) is 3.33. The summed E-state index contributed by atoms with van der Waals surface area (Å²) < 4.78 is 0. The van der Waals surface area contributed by atoms with Crippen LogP contribution in [0.5, 0.6) is 0 Å². The van der Waals surface area contributed by atoms with Crippen molar-refractivity contribution in [2.75, 3.05) is 5.32 Å². The lowest BCUT2D eigenvalue weighted by Crippen LogP contribution is -2.33. The summed E-state index contributed by atoms with van der Waals surface area (Å²) in [6.45, 7) is 6.59. The second kappa shape index (κ2) is 5.64. The molecule has 1 saturated carbocycles. The molecule has 19 heavy (non-hydrogen) atoms. The number of primary amides is 1. The molecule has 1 fully saturated rings. The van der Waals surface area contributed by atoms with Gasteiger partial charge < -0.3 is 11.1 Å². The van der Waals surface area contributed by atoms with Crippen molar-refractivity contribution in [3.05, 3.63) is 29.3 Å². The largest absolute Gasteiger partial charge is 0.382 e. The minimum atomic E-state index is -0.355. The van der Waals surface area contributed by atoms with Crippen LogP contribution in [0, 0.1) is 18.8 Å². The Hall–Kier alpha value is -1.51. The average Bonchev–Trinajstić information content (AvgIpc) is 2.34. The molecule has 0 bridgehead atoms. The molecule has 1 aromatic carbocycles. The summed E-state index contributed by atoms with van der Waals surface area (Å²) in [7, 11) is 0. The molecule has 3 heteroatoms. The first-order chi connectivity index (χ1) is 8.99. The minimum Gasteiger partial charge on any atom is -0.382 e. The molecule has 0 spiro atoms. The highest BCUT2D eigenvalue weighted by atomic mass is 16.1. The molecule has 104 valence electrons. The molecule has 0 aromatic heterocycles. The Morgan fingerprint density at radius 3 is 2.68 bits per heavy atom. The van der Waals surface area contributed by atoms with Crippen molar-refractivity contribution in [3.63, 3.8) is 0 Å². The zero-order valence-electron chi connectivity index (χ0n) is 12.1. The van der Waals surface area contributed by atoms with E-state index in [2.05, 4.69) is 19.2 Å². The van der Waals surface area contributed by atoms with E-state index in [0.717, 1.165) is 17.2 Å². The maximum atomic E-state index is 11.4. The Bertz CT molecular complexity index is 470. The summed E-state index contributed by atoms with van der Waals surface area (Å²) in [5, 5.41) is 3.61. The Kier molecular flexibility index (Phi) is 4.13. The third-order valence-electron chi connectivity index (χ3n) is 4.37. The zero-order chi connectivity index (χ0) is 14.0. The van der Waals surface area contributed by atoms with Crippen LogP contribution < -0.4 is 11.1 Å². The number of hydrogen-bond acceptors (Lipinski definition) is 2. The molecule has 3 unspecified atom stereocenters. The number of hydrogen-bond donors (Lipinski definition) is 2. The van der Waals surface area contributed by atoms with Gasteiger partial charge in [0.1, 0.15) is 0 Å². The molecule has 1 aliphatic carbocycles. The van der Waals surface area contributed by atoms with Crippen LogP contribution in [0.25, 0.3) is 0 Å². The molecule has 1 aromatic rings. The van der Waals surface area contributed by atoms with Crippen LogP contribution in [-0.2, 0) is 0 Å². The van der Waals surface area contributed by atoms with E-state index in [1.165, 1.54) is 19.3 Å². The first-order valence-corrected chi connectivity index (χ1v) is 7.15. The van der Waals surface area contributed by atoms with E-state index in [1.54, 1.807) is 6.07 Å². The van der Waals surface area contributed by atoms with Crippen molar-refractivity contribution >= 4 is 11.6 Å². The SMILES string of the molecule is Cc1c(NC2CCC(C)CC2C)cccc1C(N)=O. The van der Waals surface area contributed by atoms with E-state index in [9.17, 15) is 4.79 Å². The Labute approximate surface area is 115 Å². The fraction of sp³-hybridized carbons (Fsp3) is 0.562. The molecule has 1 aliphatic rings. The summed E-state index contributed by atoms with van der Waals surface area (Å²) in [5.41, 5.74) is 8.01. The fourth-order valence-electron chi connectivity index (χ4n) is 3.14. The van der Waals surface area contributed by atoms with Gasteiger partial charge in [-0.25, -0.2) is 0 Å². The van der Waals surface area contributed by atoms with Crippen molar-refractivity contribution < 1.29 is 4.79 Å². The van der Waals surface area contributed by atoms with Gasteiger partial charge in [-0.2, -0.15) is 0 Å². The van der Waals surface area contributed by atoms with Gasteiger partial charge in [-0.15, -0.1) is 0 Å². The monoisotopic (exact) mass is 260 g/mol. The summed E-state index contributed by atoms with van der Waals surface area (Å²) in [4.78, 5) is 11.4. The van der Waals surface area contributed by atoms with Gasteiger partial charge in [0.05, 0.1) is 0 Å². The van der Waals surface area contributed by atoms with Gasteiger partial charge >= 0.3 is 0 Å². The van der Waals surface area contributed by atoms with Crippen LogP contribution >= 0.6 is 0 Å². The smallest absolute Gasteiger partial charge is 0.249 e. The van der Waals surface area contributed by atoms with Crippen LogP contribution in [0.4, 0.5) is 5.69 Å². The molecule has 3 atom stereocenters. The van der Waals surface area contributed by atoms with Gasteiger partial charge in [0, 0.05) is 17.3 Å². The number of anilines is 1. The maximum absolute atomic E-state index is 11.4. The summed E-state index contributed by atoms with van der Waals surface area (Å²) in [6, 6.07) is 6.21. The zero-order valence-corrected chi connectivity index (χ0v) is 12.1. The van der Waals surface area contributed by atoms with Gasteiger partial charge in [-0.05, 0) is 55.7 Å². The molecule has 0 aliphatic heterocycles. The lowest BCUT2D eigenvalue weighted by Gasteiger charge is -2.34. The van der Waals surface area contributed by atoms with Crippen LogP contribution in [0.15, 0.2) is 18.2 Å². The van der Waals surface area contributed by atoms with E-state index in [4.69, 9.17) is 5.73 Å². The van der Waals surface area contributed by atoms with Crippen molar-refractivity contribution in [2.24, 2.45) is 17.6 Å². The quantitative estimate of drug-likeness (QED) is 0.875. The van der Waals surface area contributed by atoms with Crippen LogP contribution in [-0.4, -0.2) is 11.9 Å². The number of nitrogens with two attached hydrogens (primary N) is 1. The third kappa shape index (κ3) is 3.09. The van der Waals surface area contributed by atoms with Crippen LogP contribution in [0.2, 0.25) is 0 Å². The lowest BCUT2D eigenvalue weighted by atomic mass is 9.79. The minimum absolute atomic E-state index is 0.355. The van der Waals surface area contributed by atoms with Gasteiger partial charge in [0.2, 0.25) is 5.91 Å². The van der Waals surface area contributed by atoms with Crippen LogP contribution in [0.3, 0.4) is 0 Å². The fourth-order valence-corrected chi connectivity index (χ4v) is 3.14. The molecule has 3 N–H and O–H groups in total. The van der Waals surface area contributed by atoms with E-state index >= 15 is 0 Å². The summed E-state index contributed by atoms with van der Waals surface area (Å²) in [6.07, 6.45) is 3.74. The molecule has 2 rings (SSSR count). The molecule has 3 nitrogen and oxygen atoms in total. The number of carbonyl (C=O) groups is 1. The molecular formula is C16H24N2O. The summed E-state index contributed by atoms with van der Waals surface area (Å²) in [5.74, 6) is 1.14. The molecule has 1 amide bonds. The van der Waals surface area contributed by atoms with Gasteiger partial charge in [0.15, 0.2) is 0 Å². The maximum Gasteiger partial charge on any atom is 0.249 e. The van der Waals surface area contributed by atoms with Crippen molar-refractivity contribution in [1.29, 1.82) is 0 Å². The van der Waals surface area contributed by atoms with Gasteiger partial charge in [-0.1, -0.05) is 19.9 Å². The Morgan fingerprint density at radius 1 is 1.32 bits per heavy atom. The van der Waals surface area contributed by atoms with E-state index < -0.39 is 0 Å². The number of amides is 1. The third-order valence-corrected chi connectivity index (χ3v) is 4.37. The normalized spacial score (nSPS) is 27.0. The Balaban J connectivity index is 2.15. The summed E-state index contributed by atoms with van der Waals surface area (Å²) >= 11 is 0. The van der Waals surface area contributed by atoms with Crippen LogP contribution in [0.1, 0.15) is 49.0 Å². The molecular weight excluding hydrogens is 236 g/mol. The predicted molar refractivity (Wildman–Crippen MR) is 79.3 cm³/mol. The highest BCUT2D eigenvalue weighted by Crippen LogP contribution is 2.31. The van der Waals surface area contributed by atoms with Crippen molar-refractivity contribution in [2.45, 2.75) is 46.1 Å². The van der Waals surface area contributed by atoms with Crippen molar-refractivity contribution in [3.8, 4) is 0 Å². The second-order valence-corrected chi connectivity index (χ2v) is 5.99. The van der Waals surface area contributed by atoms with E-state index in [1.807, 2.05) is 19.1 Å². The number of benzene rings is 1.